The van der Waals surface area contributed by atoms with Gasteiger partial charge in [-0.3, -0.25) is 9.59 Å². The Hall–Kier alpha value is -3.16. The van der Waals surface area contributed by atoms with Gasteiger partial charge in [0, 0.05) is 44.0 Å². The number of carbonyl (C=O) groups is 2. The molecule has 2 aromatic heterocycles. The third kappa shape index (κ3) is 4.22. The molecule has 0 bridgehead atoms. The molecule has 4 heterocycles. The maximum atomic E-state index is 13.1. The van der Waals surface area contributed by atoms with Crippen LogP contribution in [-0.4, -0.2) is 52.9 Å². The van der Waals surface area contributed by atoms with Gasteiger partial charge in [0.25, 0.3) is 5.91 Å². The average molecular weight is 409 g/mol. The summed E-state index contributed by atoms with van der Waals surface area (Å²) in [5.74, 6) is 1.03. The zero-order valence-electron chi connectivity index (χ0n) is 17.0. The molecule has 30 heavy (non-hydrogen) atoms. The molecule has 158 valence electrons. The molecule has 0 radical (unpaired) electrons. The predicted molar refractivity (Wildman–Crippen MR) is 115 cm³/mol. The van der Waals surface area contributed by atoms with Gasteiger partial charge < -0.3 is 21.3 Å². The van der Waals surface area contributed by atoms with Crippen molar-refractivity contribution in [2.45, 2.75) is 31.6 Å². The highest BCUT2D eigenvalue weighted by atomic mass is 16.2. The molecule has 0 unspecified atom stereocenters. The van der Waals surface area contributed by atoms with E-state index in [1.54, 1.807) is 12.3 Å². The Labute approximate surface area is 176 Å². The molecule has 2 saturated heterocycles. The highest BCUT2D eigenvalue weighted by Crippen LogP contribution is 2.30. The second kappa shape index (κ2) is 8.69. The summed E-state index contributed by atoms with van der Waals surface area (Å²) in [6.07, 6.45) is 5.39. The van der Waals surface area contributed by atoms with Gasteiger partial charge in [-0.2, -0.15) is 0 Å². The first-order valence-electron chi connectivity index (χ1n) is 10.5. The van der Waals surface area contributed by atoms with E-state index in [0.29, 0.717) is 13.1 Å². The number of rotatable bonds is 4. The molecule has 0 saturated carbocycles. The Balaban J connectivity index is 1.35. The monoisotopic (exact) mass is 408 g/mol. The maximum absolute atomic E-state index is 13.1. The standard InChI is InChI=1S/C22H28N6O2/c23-20-17(21(24)29)6-7-18(26-20)15-8-12-27(13-9-15)22(30)16-4-3-11-28(14-16)19-5-1-2-10-25-19/h1-2,5-7,10,15-16H,3-4,8-9,11-14H2,(H2,23,26)(H2,24,29)/t16-/m0/s1. The van der Waals surface area contributed by atoms with Gasteiger partial charge in [0.15, 0.2) is 0 Å². The van der Waals surface area contributed by atoms with Crippen LogP contribution in [0.2, 0.25) is 0 Å². The Morgan fingerprint density at radius 3 is 2.50 bits per heavy atom. The van der Waals surface area contributed by atoms with E-state index >= 15 is 0 Å². The quantitative estimate of drug-likeness (QED) is 0.796. The predicted octanol–water partition coefficient (Wildman–Crippen LogP) is 1.78. The van der Waals surface area contributed by atoms with Gasteiger partial charge in [0.2, 0.25) is 5.91 Å². The summed E-state index contributed by atoms with van der Waals surface area (Å²) in [4.78, 5) is 37.5. The number of hydrogen-bond donors (Lipinski definition) is 2. The van der Waals surface area contributed by atoms with E-state index < -0.39 is 5.91 Å². The molecule has 8 heteroatoms. The molecule has 2 aliphatic rings. The van der Waals surface area contributed by atoms with E-state index in [1.807, 2.05) is 29.2 Å². The minimum atomic E-state index is -0.570. The lowest BCUT2D eigenvalue weighted by Crippen LogP contribution is -2.47. The second-order valence-electron chi connectivity index (χ2n) is 8.11. The van der Waals surface area contributed by atoms with Gasteiger partial charge in [0.1, 0.15) is 11.6 Å². The van der Waals surface area contributed by atoms with Gasteiger partial charge >= 0.3 is 0 Å². The number of primary amides is 1. The third-order valence-corrected chi connectivity index (χ3v) is 6.18. The zero-order valence-corrected chi connectivity index (χ0v) is 17.0. The number of nitrogens with two attached hydrogens (primary N) is 2. The van der Waals surface area contributed by atoms with Crippen LogP contribution in [0, 0.1) is 5.92 Å². The third-order valence-electron chi connectivity index (χ3n) is 6.18. The molecule has 1 atom stereocenters. The molecule has 2 aromatic rings. The summed E-state index contributed by atoms with van der Waals surface area (Å²) in [6, 6.07) is 9.36. The number of likely N-dealkylation sites (tertiary alicyclic amines) is 1. The fraction of sp³-hybridized carbons (Fsp3) is 0.455. The Morgan fingerprint density at radius 2 is 1.83 bits per heavy atom. The van der Waals surface area contributed by atoms with Crippen LogP contribution in [0.15, 0.2) is 36.5 Å². The highest BCUT2D eigenvalue weighted by molar-refractivity contribution is 5.97. The number of carbonyl (C=O) groups excluding carboxylic acids is 2. The first-order chi connectivity index (χ1) is 14.5. The molecule has 2 fully saturated rings. The van der Waals surface area contributed by atoms with Gasteiger partial charge in [-0.25, -0.2) is 9.97 Å². The van der Waals surface area contributed by atoms with Crippen LogP contribution >= 0.6 is 0 Å². The van der Waals surface area contributed by atoms with Gasteiger partial charge in [-0.05, 0) is 49.9 Å². The normalized spacial score (nSPS) is 20.2. The van der Waals surface area contributed by atoms with Crippen molar-refractivity contribution >= 4 is 23.5 Å². The first kappa shape index (κ1) is 20.1. The van der Waals surface area contributed by atoms with Gasteiger partial charge in [0.05, 0.1) is 11.5 Å². The summed E-state index contributed by atoms with van der Waals surface area (Å²) < 4.78 is 0. The van der Waals surface area contributed by atoms with Gasteiger partial charge in [-0.15, -0.1) is 0 Å². The Bertz CT molecular complexity index is 911. The van der Waals surface area contributed by atoms with E-state index in [4.69, 9.17) is 11.5 Å². The number of anilines is 2. The minimum absolute atomic E-state index is 0.0147. The Morgan fingerprint density at radius 1 is 1.03 bits per heavy atom. The Kier molecular flexibility index (Phi) is 5.83. The molecule has 4 rings (SSSR count). The number of hydrogen-bond acceptors (Lipinski definition) is 6. The number of aromatic nitrogens is 2. The summed E-state index contributed by atoms with van der Waals surface area (Å²) in [5.41, 5.74) is 12.3. The lowest BCUT2D eigenvalue weighted by atomic mass is 9.90. The summed E-state index contributed by atoms with van der Waals surface area (Å²) in [6.45, 7) is 3.09. The largest absolute Gasteiger partial charge is 0.383 e. The van der Waals surface area contributed by atoms with Crippen molar-refractivity contribution in [2.75, 3.05) is 36.8 Å². The fourth-order valence-corrected chi connectivity index (χ4v) is 4.51. The number of amides is 2. The fourth-order valence-electron chi connectivity index (χ4n) is 4.51. The molecule has 2 aliphatic heterocycles. The van der Waals surface area contributed by atoms with Crippen molar-refractivity contribution in [1.29, 1.82) is 0 Å². The van der Waals surface area contributed by atoms with Crippen LogP contribution < -0.4 is 16.4 Å². The van der Waals surface area contributed by atoms with E-state index in [-0.39, 0.29) is 29.1 Å². The van der Waals surface area contributed by atoms with Crippen LogP contribution in [0.1, 0.15) is 47.7 Å². The SMILES string of the molecule is NC(=O)c1ccc(C2CCN(C(=O)[C@H]3CCCN(c4ccccn4)C3)CC2)nc1N. The molecule has 8 nitrogen and oxygen atoms in total. The number of piperidine rings is 2. The van der Waals surface area contributed by atoms with Crippen LogP contribution in [-0.2, 0) is 4.79 Å². The van der Waals surface area contributed by atoms with Crippen molar-refractivity contribution in [1.82, 2.24) is 14.9 Å². The highest BCUT2D eigenvalue weighted by Gasteiger charge is 2.32. The van der Waals surface area contributed by atoms with Crippen molar-refractivity contribution in [2.24, 2.45) is 11.7 Å². The molecule has 2 amide bonds. The van der Waals surface area contributed by atoms with E-state index in [2.05, 4.69) is 14.9 Å². The lowest BCUT2D eigenvalue weighted by molar-refractivity contribution is -0.136. The molecule has 4 N–H and O–H groups in total. The summed E-state index contributed by atoms with van der Waals surface area (Å²) in [5, 5.41) is 0. The second-order valence-corrected chi connectivity index (χ2v) is 8.11. The van der Waals surface area contributed by atoms with Crippen molar-refractivity contribution in [3.63, 3.8) is 0 Å². The van der Waals surface area contributed by atoms with Crippen molar-refractivity contribution in [3.8, 4) is 0 Å². The molecule has 0 aliphatic carbocycles. The molecule has 0 aromatic carbocycles. The maximum Gasteiger partial charge on any atom is 0.252 e. The van der Waals surface area contributed by atoms with Crippen LogP contribution in [0.3, 0.4) is 0 Å². The van der Waals surface area contributed by atoms with Crippen molar-refractivity contribution in [3.05, 3.63) is 47.8 Å². The van der Waals surface area contributed by atoms with Crippen molar-refractivity contribution < 1.29 is 9.59 Å². The van der Waals surface area contributed by atoms with E-state index in [0.717, 1.165) is 50.3 Å². The molecular formula is C22H28N6O2. The van der Waals surface area contributed by atoms with E-state index in [9.17, 15) is 9.59 Å². The number of nitrogens with zero attached hydrogens (tertiary/aromatic N) is 4. The average Bonchev–Trinajstić information content (AvgIpc) is 2.79. The van der Waals surface area contributed by atoms with Crippen LogP contribution in [0.4, 0.5) is 11.6 Å². The van der Waals surface area contributed by atoms with Gasteiger partial charge in [-0.1, -0.05) is 6.07 Å². The minimum Gasteiger partial charge on any atom is -0.383 e. The molecule has 0 spiro atoms. The van der Waals surface area contributed by atoms with E-state index in [1.165, 1.54) is 0 Å². The van der Waals surface area contributed by atoms with Crippen LogP contribution in [0.5, 0.6) is 0 Å². The molecular weight excluding hydrogens is 380 g/mol. The first-order valence-corrected chi connectivity index (χ1v) is 10.5. The smallest absolute Gasteiger partial charge is 0.252 e. The van der Waals surface area contributed by atoms with Crippen LogP contribution in [0.25, 0.3) is 0 Å². The summed E-state index contributed by atoms with van der Waals surface area (Å²) in [7, 11) is 0. The zero-order chi connectivity index (χ0) is 21.1. The topological polar surface area (TPSA) is 118 Å². The number of pyridine rings is 2. The number of nitrogen functional groups attached to an aromatic ring is 1. The summed E-state index contributed by atoms with van der Waals surface area (Å²) >= 11 is 0. The lowest BCUT2D eigenvalue weighted by Gasteiger charge is -2.38.